The summed E-state index contributed by atoms with van der Waals surface area (Å²) in [6, 6.07) is 5.84. The van der Waals surface area contributed by atoms with Crippen LogP contribution in [0.3, 0.4) is 0 Å². The first kappa shape index (κ1) is 36.6. The molecule has 3 aliphatic heterocycles. The predicted octanol–water partition coefficient (Wildman–Crippen LogP) is 6.46. The summed E-state index contributed by atoms with van der Waals surface area (Å²) >= 11 is 0. The van der Waals surface area contributed by atoms with Crippen molar-refractivity contribution in [2.24, 2.45) is 11.3 Å². The average molecular weight is 744 g/mol. The van der Waals surface area contributed by atoms with Crippen LogP contribution < -0.4 is 14.4 Å². The Morgan fingerprint density at radius 2 is 1.81 bits per heavy atom. The van der Waals surface area contributed by atoms with Gasteiger partial charge in [-0.3, -0.25) is 4.90 Å². The molecule has 8 rings (SSSR count). The summed E-state index contributed by atoms with van der Waals surface area (Å²) in [5.41, 5.74) is -0.345. The maximum absolute atomic E-state index is 17.2. The molecule has 13 heteroatoms. The summed E-state index contributed by atoms with van der Waals surface area (Å²) in [6.07, 6.45) is 11.7. The number of piperidine rings is 1. The van der Waals surface area contributed by atoms with Gasteiger partial charge in [0.2, 0.25) is 5.88 Å². The van der Waals surface area contributed by atoms with E-state index in [2.05, 4.69) is 15.8 Å². The molecule has 1 aliphatic carbocycles. The molecule has 2 atom stereocenters. The van der Waals surface area contributed by atoms with Gasteiger partial charge in [-0.25, -0.2) is 13.8 Å². The van der Waals surface area contributed by atoms with E-state index in [0.717, 1.165) is 51.6 Å². The lowest BCUT2D eigenvalue weighted by atomic mass is 9.75. The second-order valence-electron chi connectivity index (χ2n) is 15.5. The molecule has 2 aromatic heterocycles. The number of aromatic hydroxyl groups is 1. The fourth-order valence-corrected chi connectivity index (χ4v) is 9.04. The van der Waals surface area contributed by atoms with Crippen LogP contribution >= 0.6 is 0 Å². The average Bonchev–Trinajstić information content (AvgIpc) is 3.42. The Morgan fingerprint density at radius 3 is 2.61 bits per heavy atom. The van der Waals surface area contributed by atoms with Crippen molar-refractivity contribution in [2.75, 3.05) is 71.2 Å². The fraction of sp³-hybridized carbons (Fsp3) is 0.537. The van der Waals surface area contributed by atoms with Crippen LogP contribution in [0.1, 0.15) is 57.9 Å². The topological polar surface area (TPSA) is 112 Å². The van der Waals surface area contributed by atoms with E-state index in [9.17, 15) is 5.11 Å². The van der Waals surface area contributed by atoms with Crippen molar-refractivity contribution < 1.29 is 37.6 Å². The molecule has 0 unspecified atom stereocenters. The number of benzene rings is 2. The maximum atomic E-state index is 17.2. The smallest absolute Gasteiger partial charge is 0.319 e. The number of phenolic OH excluding ortho intramolecular Hbond substituents is 1. The number of methoxy groups -OCH3 is 1. The summed E-state index contributed by atoms with van der Waals surface area (Å²) in [6.45, 7) is 9.68. The van der Waals surface area contributed by atoms with E-state index in [4.69, 9.17) is 40.1 Å². The van der Waals surface area contributed by atoms with E-state index in [-0.39, 0.29) is 62.1 Å². The van der Waals surface area contributed by atoms with Gasteiger partial charge in [0, 0.05) is 54.6 Å². The summed E-state index contributed by atoms with van der Waals surface area (Å²) in [5, 5.41) is 11.7. The normalized spacial score (nSPS) is 23.6. The molecule has 54 heavy (non-hydrogen) atoms. The van der Waals surface area contributed by atoms with Gasteiger partial charge >= 0.3 is 6.01 Å². The van der Waals surface area contributed by atoms with Gasteiger partial charge in [-0.1, -0.05) is 18.4 Å². The molecule has 0 radical (unpaired) electrons. The van der Waals surface area contributed by atoms with Crippen molar-refractivity contribution in [1.29, 1.82) is 0 Å². The van der Waals surface area contributed by atoms with Gasteiger partial charge in [-0.05, 0) is 76.1 Å². The molecule has 4 aliphatic rings. The number of aromatic nitrogens is 3. The summed E-state index contributed by atoms with van der Waals surface area (Å²) in [4.78, 5) is 18.9. The van der Waals surface area contributed by atoms with Gasteiger partial charge in [-0.2, -0.15) is 9.97 Å². The third-order valence-corrected chi connectivity index (χ3v) is 11.6. The van der Waals surface area contributed by atoms with Gasteiger partial charge in [0.1, 0.15) is 34.0 Å². The van der Waals surface area contributed by atoms with Crippen LogP contribution in [-0.2, 0) is 14.2 Å². The molecule has 1 saturated carbocycles. The molecular weight excluding hydrogens is 696 g/mol. The van der Waals surface area contributed by atoms with Crippen molar-refractivity contribution in [3.05, 3.63) is 41.5 Å². The van der Waals surface area contributed by atoms with Gasteiger partial charge < -0.3 is 33.7 Å². The van der Waals surface area contributed by atoms with Crippen LogP contribution in [0.15, 0.2) is 24.3 Å². The third kappa shape index (κ3) is 6.78. The Labute approximate surface area is 313 Å². The standard InChI is InChI=1S/C41H47F2N5O6/c1-5-28-30(42)11-10-26-19-27(49)20-29(32(26)28)35-34(43)36-33(38(44-35)50-4)37(47-15-8-17-51-18-16-47)46-39(45-36)52-24-41-12-6-9-31(41)48(14-7-13-41)21-25-22-53-40(2,3)54-23-25/h1,10-11,19-20,25,31,49H,6-9,12-18,21-24H2,2-4H3/t31-,41-/m1/s1. The number of pyridine rings is 1. The number of terminal acetylenes is 1. The first-order chi connectivity index (χ1) is 26.1. The maximum Gasteiger partial charge on any atom is 0.319 e. The van der Waals surface area contributed by atoms with Crippen LogP contribution in [-0.4, -0.2) is 103 Å². The van der Waals surface area contributed by atoms with Crippen molar-refractivity contribution in [2.45, 2.75) is 64.2 Å². The summed E-state index contributed by atoms with van der Waals surface area (Å²) in [5.74, 6) is 1.02. The lowest BCUT2D eigenvalue weighted by molar-refractivity contribution is -0.264. The molecule has 2 aromatic carbocycles. The Bertz CT molecular complexity index is 2090. The quantitative estimate of drug-likeness (QED) is 0.201. The zero-order valence-corrected chi connectivity index (χ0v) is 31.1. The van der Waals surface area contributed by atoms with E-state index in [1.807, 2.05) is 18.7 Å². The SMILES string of the molecule is C#Cc1c(F)ccc2cc(O)cc(-c3nc(OC)c4c(N5CCCOCC5)nc(OC[C@]56CCC[C@H]5N(CC5COC(C)(C)OC5)CCC6)nc4c3F)c12. The minimum Gasteiger partial charge on any atom is -0.508 e. The van der Waals surface area contributed by atoms with Crippen molar-refractivity contribution >= 4 is 27.5 Å². The molecule has 5 heterocycles. The number of fused-ring (bicyclic) bond motifs is 3. The summed E-state index contributed by atoms with van der Waals surface area (Å²) in [7, 11) is 1.44. The third-order valence-electron chi connectivity index (χ3n) is 11.6. The minimum absolute atomic E-state index is 0.0466. The molecule has 286 valence electrons. The van der Waals surface area contributed by atoms with Crippen molar-refractivity contribution in [3.8, 4) is 41.2 Å². The highest BCUT2D eigenvalue weighted by Gasteiger charge is 2.49. The van der Waals surface area contributed by atoms with Gasteiger partial charge in [0.05, 0.1) is 39.1 Å². The van der Waals surface area contributed by atoms with Crippen LogP contribution in [0.5, 0.6) is 17.6 Å². The number of rotatable bonds is 8. The Balaban J connectivity index is 1.20. The van der Waals surface area contributed by atoms with E-state index in [1.165, 1.54) is 31.4 Å². The lowest BCUT2D eigenvalue weighted by Gasteiger charge is -2.48. The number of hydrogen-bond donors (Lipinski definition) is 1. The molecule has 4 aromatic rings. The van der Waals surface area contributed by atoms with Gasteiger partial charge in [0.25, 0.3) is 0 Å². The molecule has 3 saturated heterocycles. The molecule has 0 bridgehead atoms. The van der Waals surface area contributed by atoms with Crippen LogP contribution in [0, 0.1) is 35.3 Å². The van der Waals surface area contributed by atoms with Crippen molar-refractivity contribution in [3.63, 3.8) is 0 Å². The molecule has 11 nitrogen and oxygen atoms in total. The number of hydrogen-bond acceptors (Lipinski definition) is 11. The Hall–Kier alpha value is -4.35. The highest BCUT2D eigenvalue weighted by Crippen LogP contribution is 2.49. The number of anilines is 1. The first-order valence-electron chi connectivity index (χ1n) is 18.9. The molecule has 1 N–H and O–H groups in total. The van der Waals surface area contributed by atoms with Crippen molar-refractivity contribution in [1.82, 2.24) is 19.9 Å². The minimum atomic E-state index is -0.801. The van der Waals surface area contributed by atoms with E-state index in [1.54, 1.807) is 0 Å². The van der Waals surface area contributed by atoms with E-state index >= 15 is 8.78 Å². The molecular formula is C41H47F2N5O6. The highest BCUT2D eigenvalue weighted by molar-refractivity contribution is 6.04. The van der Waals surface area contributed by atoms with E-state index < -0.39 is 17.4 Å². The molecule has 0 spiro atoms. The lowest BCUT2D eigenvalue weighted by Crippen LogP contribution is -2.54. The number of halogens is 2. The number of phenols is 1. The monoisotopic (exact) mass is 743 g/mol. The summed E-state index contributed by atoms with van der Waals surface area (Å²) < 4.78 is 62.4. The van der Waals surface area contributed by atoms with Gasteiger partial charge in [0.15, 0.2) is 11.6 Å². The number of likely N-dealkylation sites (tertiary alicyclic amines) is 1. The highest BCUT2D eigenvalue weighted by atomic mass is 19.1. The zero-order valence-electron chi connectivity index (χ0n) is 31.1. The largest absolute Gasteiger partial charge is 0.508 e. The first-order valence-corrected chi connectivity index (χ1v) is 18.9. The van der Waals surface area contributed by atoms with Gasteiger partial charge in [-0.15, -0.1) is 6.42 Å². The van der Waals surface area contributed by atoms with Crippen LogP contribution in [0.4, 0.5) is 14.6 Å². The second kappa shape index (κ2) is 14.7. The predicted molar refractivity (Wildman–Crippen MR) is 200 cm³/mol. The second-order valence-corrected chi connectivity index (χ2v) is 15.5. The Morgan fingerprint density at radius 1 is 1.00 bits per heavy atom. The molecule has 0 amide bonds. The Kier molecular flexibility index (Phi) is 9.98. The van der Waals surface area contributed by atoms with Crippen LogP contribution in [0.25, 0.3) is 32.9 Å². The number of nitrogens with zero attached hydrogens (tertiary/aromatic N) is 5. The zero-order chi connectivity index (χ0) is 37.6. The van der Waals surface area contributed by atoms with Crippen LogP contribution in [0.2, 0.25) is 0 Å². The fourth-order valence-electron chi connectivity index (χ4n) is 9.04. The molecule has 4 fully saturated rings. The van der Waals surface area contributed by atoms with E-state index in [0.29, 0.717) is 63.4 Å². The number of ether oxygens (including phenoxy) is 5.